The van der Waals surface area contributed by atoms with Crippen molar-refractivity contribution in [3.05, 3.63) is 117 Å². The Morgan fingerprint density at radius 3 is 2.48 bits per heavy atom. The van der Waals surface area contributed by atoms with Gasteiger partial charge in [-0.05, 0) is 111 Å². The van der Waals surface area contributed by atoms with Crippen LogP contribution in [-0.4, -0.2) is 60.5 Å². The van der Waals surface area contributed by atoms with Gasteiger partial charge in [0.15, 0.2) is 0 Å². The van der Waals surface area contributed by atoms with Gasteiger partial charge >= 0.3 is 0 Å². The first kappa shape index (κ1) is 35.1. The van der Waals surface area contributed by atoms with Crippen molar-refractivity contribution >= 4 is 51.9 Å². The number of ether oxygens (including phenoxy) is 1. The van der Waals surface area contributed by atoms with Crippen molar-refractivity contribution in [2.45, 2.75) is 40.0 Å². The third-order valence-corrected chi connectivity index (χ3v) is 11.8. The van der Waals surface area contributed by atoms with Crippen molar-refractivity contribution < 1.29 is 19.1 Å². The highest BCUT2D eigenvalue weighted by Crippen LogP contribution is 2.43. The molecular formula is C42H39N7O4S. The van der Waals surface area contributed by atoms with Gasteiger partial charge in [0.1, 0.15) is 17.6 Å². The normalized spacial score (nSPS) is 15.7. The molecule has 2 fully saturated rings. The predicted molar refractivity (Wildman–Crippen MR) is 210 cm³/mol. The molecule has 2 saturated heterocycles. The fourth-order valence-corrected chi connectivity index (χ4v) is 8.70. The molecule has 3 aromatic heterocycles. The van der Waals surface area contributed by atoms with Crippen LogP contribution in [0.2, 0.25) is 0 Å². The molecule has 3 aliphatic heterocycles. The van der Waals surface area contributed by atoms with E-state index < -0.39 is 0 Å². The predicted octanol–water partition coefficient (Wildman–Crippen LogP) is 7.33. The molecule has 272 valence electrons. The van der Waals surface area contributed by atoms with Gasteiger partial charge in [-0.1, -0.05) is 12.1 Å². The number of thiophene rings is 1. The molecule has 1 spiro atoms. The molecule has 0 bridgehead atoms. The van der Waals surface area contributed by atoms with Crippen molar-refractivity contribution in [2.24, 2.45) is 5.41 Å². The van der Waals surface area contributed by atoms with E-state index >= 15 is 0 Å². The zero-order chi connectivity index (χ0) is 37.6. The van der Waals surface area contributed by atoms with E-state index in [9.17, 15) is 19.6 Å². The summed E-state index contributed by atoms with van der Waals surface area (Å²) >= 11 is 1.33. The molecule has 3 aliphatic rings. The lowest BCUT2D eigenvalue weighted by molar-refractivity contribution is -0.000511. The largest absolute Gasteiger partial charge is 0.381 e. The van der Waals surface area contributed by atoms with E-state index in [1.807, 2.05) is 51.1 Å². The standard InChI is InChI=1S/C42H39N7O4S/c1-25-19-32(38(44-22-25)48-23-42(24-48)14-17-53-18-15-42)39(50)46-31-10-8-28(9-11-31)41(52)49-16-13-29-20-34(54-37(29)36-33(49)12-7-27(3)45-36)40(51)47-35-26(2)5-4-6-30(35)21-43/h4-12,19-20,22H,13-18,23-24H2,1-3H3,(H,46,50)(H,47,51). The Kier molecular flexibility index (Phi) is 9.21. The lowest BCUT2D eigenvalue weighted by Gasteiger charge is -2.53. The zero-order valence-corrected chi connectivity index (χ0v) is 31.2. The van der Waals surface area contributed by atoms with E-state index in [1.54, 1.807) is 47.5 Å². The quantitative estimate of drug-likeness (QED) is 0.185. The minimum absolute atomic E-state index is 0.193. The van der Waals surface area contributed by atoms with Gasteiger partial charge in [0.2, 0.25) is 0 Å². The minimum Gasteiger partial charge on any atom is -0.381 e. The van der Waals surface area contributed by atoms with E-state index in [4.69, 9.17) is 9.72 Å². The molecule has 2 N–H and O–H groups in total. The Bertz CT molecular complexity index is 2350. The monoisotopic (exact) mass is 737 g/mol. The lowest BCUT2D eigenvalue weighted by Crippen LogP contribution is -2.59. The summed E-state index contributed by atoms with van der Waals surface area (Å²) in [5, 5.41) is 15.5. The molecule has 12 heteroatoms. The third-order valence-electron chi connectivity index (χ3n) is 10.6. The number of nitriles is 1. The van der Waals surface area contributed by atoms with Gasteiger partial charge in [-0.25, -0.2) is 4.98 Å². The van der Waals surface area contributed by atoms with Crippen LogP contribution in [0.25, 0.3) is 10.6 Å². The Hall–Kier alpha value is -5.90. The number of carbonyl (C=O) groups excluding carboxylic acids is 3. The molecule has 0 aliphatic carbocycles. The maximum absolute atomic E-state index is 14.1. The van der Waals surface area contributed by atoms with Crippen LogP contribution < -0.4 is 20.4 Å². The molecule has 2 aromatic carbocycles. The average molecular weight is 738 g/mol. The zero-order valence-electron chi connectivity index (χ0n) is 30.4. The van der Waals surface area contributed by atoms with Crippen LogP contribution in [0, 0.1) is 37.5 Å². The number of fused-ring (bicyclic) bond motifs is 3. The van der Waals surface area contributed by atoms with Crippen molar-refractivity contribution in [2.75, 3.05) is 53.3 Å². The average Bonchev–Trinajstić information content (AvgIpc) is 3.54. The molecule has 5 aromatic rings. The lowest BCUT2D eigenvalue weighted by atomic mass is 9.73. The molecule has 0 saturated carbocycles. The van der Waals surface area contributed by atoms with E-state index in [-0.39, 0.29) is 23.1 Å². The molecule has 0 radical (unpaired) electrons. The van der Waals surface area contributed by atoms with Crippen LogP contribution >= 0.6 is 11.3 Å². The fourth-order valence-electron chi connectivity index (χ4n) is 7.59. The molecule has 6 heterocycles. The summed E-state index contributed by atoms with van der Waals surface area (Å²) in [4.78, 5) is 56.0. The highest BCUT2D eigenvalue weighted by molar-refractivity contribution is 7.17. The second kappa shape index (κ2) is 14.2. The summed E-state index contributed by atoms with van der Waals surface area (Å²) in [5.74, 6) is -0.0560. The highest BCUT2D eigenvalue weighted by atomic mass is 32.1. The fraction of sp³-hybridized carbons (Fsp3) is 0.286. The number of rotatable bonds is 6. The molecule has 54 heavy (non-hydrogen) atoms. The third kappa shape index (κ3) is 6.61. The number of aryl methyl sites for hydroxylation is 3. The van der Waals surface area contributed by atoms with Crippen LogP contribution in [-0.2, 0) is 11.2 Å². The number of benzene rings is 2. The van der Waals surface area contributed by atoms with Crippen molar-refractivity contribution in [3.8, 4) is 16.6 Å². The second-order valence-electron chi connectivity index (χ2n) is 14.4. The second-order valence-corrected chi connectivity index (χ2v) is 15.5. The van der Waals surface area contributed by atoms with Crippen LogP contribution in [0.3, 0.4) is 0 Å². The van der Waals surface area contributed by atoms with Crippen LogP contribution in [0.4, 0.5) is 22.9 Å². The Labute approximate surface area is 317 Å². The number of para-hydroxylation sites is 1. The van der Waals surface area contributed by atoms with Crippen molar-refractivity contribution in [1.82, 2.24) is 9.97 Å². The van der Waals surface area contributed by atoms with Gasteiger partial charge in [-0.2, -0.15) is 5.26 Å². The first-order valence-corrected chi connectivity index (χ1v) is 18.9. The number of nitrogens with one attached hydrogen (secondary N) is 2. The molecule has 0 unspecified atom stereocenters. The number of anilines is 4. The number of carbonyl (C=O) groups is 3. The van der Waals surface area contributed by atoms with Crippen molar-refractivity contribution in [3.63, 3.8) is 0 Å². The SMILES string of the molecule is Cc1cnc(N2CC3(CCOCC3)C2)c(C(=O)Nc2ccc(C(=O)N3CCc4cc(C(=O)Nc5c(C)cccc5C#N)sc4-c4nc(C)ccc43)cc2)c1. The Morgan fingerprint density at radius 2 is 1.72 bits per heavy atom. The summed E-state index contributed by atoms with van der Waals surface area (Å²) in [6.45, 7) is 9.33. The summed E-state index contributed by atoms with van der Waals surface area (Å²) < 4.78 is 5.57. The van der Waals surface area contributed by atoms with Gasteiger partial charge in [0.25, 0.3) is 17.7 Å². The van der Waals surface area contributed by atoms with Crippen LogP contribution in [0.1, 0.15) is 71.2 Å². The number of hydrogen-bond donors (Lipinski definition) is 2. The van der Waals surface area contributed by atoms with Gasteiger partial charge in [-0.15, -0.1) is 11.3 Å². The number of aromatic nitrogens is 2. The minimum atomic E-state index is -0.299. The summed E-state index contributed by atoms with van der Waals surface area (Å²) in [6, 6.07) is 21.9. The number of hydrogen-bond acceptors (Lipinski definition) is 9. The molecule has 8 rings (SSSR count). The van der Waals surface area contributed by atoms with Crippen LogP contribution in [0.5, 0.6) is 0 Å². The Morgan fingerprint density at radius 1 is 0.944 bits per heavy atom. The number of pyridine rings is 2. The van der Waals surface area contributed by atoms with E-state index in [2.05, 4.69) is 26.6 Å². The van der Waals surface area contributed by atoms with Gasteiger partial charge in [-0.3, -0.25) is 19.4 Å². The Balaban J connectivity index is 0.992. The highest BCUT2D eigenvalue weighted by Gasteiger charge is 2.45. The van der Waals surface area contributed by atoms with Gasteiger partial charge < -0.3 is 25.2 Å². The molecule has 3 amide bonds. The number of amides is 3. The molecule has 11 nitrogen and oxygen atoms in total. The van der Waals surface area contributed by atoms with Gasteiger partial charge in [0, 0.05) is 61.4 Å². The molecule has 0 atom stereocenters. The van der Waals surface area contributed by atoms with E-state index in [0.29, 0.717) is 63.1 Å². The summed E-state index contributed by atoms with van der Waals surface area (Å²) in [5.41, 5.74) is 7.42. The topological polar surface area (TPSA) is 141 Å². The van der Waals surface area contributed by atoms with E-state index in [0.717, 1.165) is 66.4 Å². The number of nitrogens with zero attached hydrogens (tertiary/aromatic N) is 5. The maximum atomic E-state index is 14.1. The first-order chi connectivity index (χ1) is 26.1. The molecular weight excluding hydrogens is 699 g/mol. The maximum Gasteiger partial charge on any atom is 0.265 e. The van der Waals surface area contributed by atoms with Crippen molar-refractivity contribution in [1.29, 1.82) is 5.26 Å². The van der Waals surface area contributed by atoms with E-state index in [1.165, 1.54) is 11.3 Å². The summed E-state index contributed by atoms with van der Waals surface area (Å²) in [7, 11) is 0. The first-order valence-electron chi connectivity index (χ1n) is 18.1. The van der Waals surface area contributed by atoms with Crippen LogP contribution in [0.15, 0.2) is 72.9 Å². The summed E-state index contributed by atoms with van der Waals surface area (Å²) in [6.07, 6.45) is 4.36. The van der Waals surface area contributed by atoms with Gasteiger partial charge in [0.05, 0.1) is 32.3 Å². The smallest absolute Gasteiger partial charge is 0.265 e.